The SMILES string of the molecule is CCOC(=O)C(Cc1cccc(C(=O)C(F)(F)C(F)F)c1)C(=O)c1ccc(F)cc1. The number of hydrogen-bond acceptors (Lipinski definition) is 4. The molecule has 0 N–H and O–H groups in total. The summed E-state index contributed by atoms with van der Waals surface area (Å²) in [6.07, 6.45) is -4.52. The highest BCUT2D eigenvalue weighted by molar-refractivity contribution is 6.09. The van der Waals surface area contributed by atoms with Crippen LogP contribution in [0.1, 0.15) is 33.2 Å². The summed E-state index contributed by atoms with van der Waals surface area (Å²) in [7, 11) is 0. The molecule has 2 aromatic rings. The molecule has 0 saturated carbocycles. The second-order valence-corrected chi connectivity index (χ2v) is 6.33. The van der Waals surface area contributed by atoms with E-state index in [0.717, 1.165) is 24.3 Å². The van der Waals surface area contributed by atoms with E-state index in [9.17, 15) is 36.3 Å². The predicted octanol–water partition coefficient (Wildman–Crippen LogP) is 4.51. The maximum atomic E-state index is 13.4. The molecule has 0 heterocycles. The first-order valence-corrected chi connectivity index (χ1v) is 8.84. The minimum atomic E-state index is -4.87. The van der Waals surface area contributed by atoms with Crippen LogP contribution in [0.2, 0.25) is 0 Å². The van der Waals surface area contributed by atoms with Crippen molar-refractivity contribution in [3.05, 3.63) is 71.0 Å². The van der Waals surface area contributed by atoms with E-state index < -0.39 is 47.2 Å². The molecule has 0 radical (unpaired) electrons. The Balaban J connectivity index is 2.34. The van der Waals surface area contributed by atoms with Gasteiger partial charge in [0.15, 0.2) is 5.78 Å². The number of rotatable bonds is 9. The van der Waals surface area contributed by atoms with Crippen molar-refractivity contribution in [2.75, 3.05) is 6.61 Å². The Bertz CT molecular complexity index is 925. The molecule has 0 bridgehead atoms. The average molecular weight is 428 g/mol. The van der Waals surface area contributed by atoms with Crippen molar-refractivity contribution in [3.63, 3.8) is 0 Å². The van der Waals surface area contributed by atoms with E-state index in [2.05, 4.69) is 0 Å². The molecule has 4 nitrogen and oxygen atoms in total. The van der Waals surface area contributed by atoms with Gasteiger partial charge in [-0.2, -0.15) is 8.78 Å². The lowest BCUT2D eigenvalue weighted by Crippen LogP contribution is -2.36. The molecule has 0 spiro atoms. The summed E-state index contributed by atoms with van der Waals surface area (Å²) in [6.45, 7) is 1.48. The fourth-order valence-electron chi connectivity index (χ4n) is 2.71. The van der Waals surface area contributed by atoms with Crippen LogP contribution in [0.25, 0.3) is 0 Å². The Morgan fingerprint density at radius 3 is 2.20 bits per heavy atom. The van der Waals surface area contributed by atoms with Gasteiger partial charge in [0, 0.05) is 11.1 Å². The summed E-state index contributed by atoms with van der Waals surface area (Å²) in [5, 5.41) is 0. The van der Waals surface area contributed by atoms with Crippen molar-refractivity contribution < 1.29 is 41.1 Å². The molecule has 0 fully saturated rings. The van der Waals surface area contributed by atoms with Gasteiger partial charge in [0.1, 0.15) is 11.7 Å². The van der Waals surface area contributed by atoms with E-state index in [4.69, 9.17) is 4.74 Å². The van der Waals surface area contributed by atoms with Gasteiger partial charge in [0.2, 0.25) is 5.78 Å². The Hall–Kier alpha value is -3.10. The lowest BCUT2D eigenvalue weighted by Gasteiger charge is -2.17. The monoisotopic (exact) mass is 428 g/mol. The number of benzene rings is 2. The molecular formula is C21H17F5O4. The third-order valence-electron chi connectivity index (χ3n) is 4.22. The van der Waals surface area contributed by atoms with Gasteiger partial charge in [-0.05, 0) is 49.2 Å². The van der Waals surface area contributed by atoms with Crippen LogP contribution in [0.3, 0.4) is 0 Å². The van der Waals surface area contributed by atoms with Gasteiger partial charge in [0.05, 0.1) is 6.61 Å². The van der Waals surface area contributed by atoms with Gasteiger partial charge in [-0.1, -0.05) is 18.2 Å². The third-order valence-corrected chi connectivity index (χ3v) is 4.22. The van der Waals surface area contributed by atoms with E-state index in [0.29, 0.717) is 0 Å². The van der Waals surface area contributed by atoms with Crippen LogP contribution in [0.5, 0.6) is 0 Å². The molecule has 1 unspecified atom stereocenters. The number of Topliss-reactive ketones (excluding diaryl/α,β-unsaturated/α-hetero) is 2. The van der Waals surface area contributed by atoms with Gasteiger partial charge in [0.25, 0.3) is 0 Å². The standard InChI is InChI=1S/C21H17F5O4/c1-2-30-19(29)16(17(27)13-6-8-15(22)9-7-13)11-12-4-3-5-14(10-12)18(28)21(25,26)20(23)24/h3-10,16,20H,2,11H2,1H3. The van der Waals surface area contributed by atoms with Gasteiger partial charge in [-0.3, -0.25) is 14.4 Å². The van der Waals surface area contributed by atoms with Crippen molar-refractivity contribution in [2.24, 2.45) is 5.92 Å². The Kier molecular flexibility index (Phi) is 7.42. The fraction of sp³-hybridized carbons (Fsp3) is 0.286. The van der Waals surface area contributed by atoms with Crippen molar-refractivity contribution in [1.82, 2.24) is 0 Å². The maximum absolute atomic E-state index is 13.4. The van der Waals surface area contributed by atoms with Gasteiger partial charge < -0.3 is 4.74 Å². The molecule has 0 aliphatic carbocycles. The van der Waals surface area contributed by atoms with Crippen LogP contribution >= 0.6 is 0 Å². The van der Waals surface area contributed by atoms with Gasteiger partial charge >= 0.3 is 18.3 Å². The maximum Gasteiger partial charge on any atom is 0.368 e. The Morgan fingerprint density at radius 2 is 1.63 bits per heavy atom. The summed E-state index contributed by atoms with van der Waals surface area (Å²) in [4.78, 5) is 36.8. The van der Waals surface area contributed by atoms with E-state index in [1.54, 1.807) is 0 Å². The zero-order valence-corrected chi connectivity index (χ0v) is 15.7. The second kappa shape index (κ2) is 9.60. The molecule has 1 atom stereocenters. The van der Waals surface area contributed by atoms with Crippen LogP contribution < -0.4 is 0 Å². The number of carbonyl (C=O) groups is 3. The number of hydrogen-bond donors (Lipinski definition) is 0. The number of ether oxygens (including phenoxy) is 1. The molecule has 0 saturated heterocycles. The molecule has 30 heavy (non-hydrogen) atoms. The normalized spacial score (nSPS) is 12.5. The van der Waals surface area contributed by atoms with E-state index in [1.165, 1.54) is 31.2 Å². The fourth-order valence-corrected chi connectivity index (χ4v) is 2.71. The smallest absolute Gasteiger partial charge is 0.368 e. The molecule has 0 aromatic heterocycles. The molecule has 0 aliphatic rings. The van der Waals surface area contributed by atoms with Crippen LogP contribution in [0.15, 0.2) is 48.5 Å². The number of carbonyl (C=O) groups excluding carboxylic acids is 3. The van der Waals surface area contributed by atoms with Crippen LogP contribution in [0, 0.1) is 11.7 Å². The highest BCUT2D eigenvalue weighted by Gasteiger charge is 2.49. The topological polar surface area (TPSA) is 60.4 Å². The summed E-state index contributed by atoms with van der Waals surface area (Å²) < 4.78 is 69.7. The first-order chi connectivity index (χ1) is 14.1. The van der Waals surface area contributed by atoms with E-state index >= 15 is 0 Å². The first-order valence-electron chi connectivity index (χ1n) is 8.84. The third kappa shape index (κ3) is 5.28. The van der Waals surface area contributed by atoms with Gasteiger partial charge in [-0.25, -0.2) is 13.2 Å². The highest BCUT2D eigenvalue weighted by atomic mass is 19.3. The van der Waals surface area contributed by atoms with Crippen molar-refractivity contribution in [1.29, 1.82) is 0 Å². The average Bonchev–Trinajstić information content (AvgIpc) is 2.71. The minimum Gasteiger partial charge on any atom is -0.465 e. The number of esters is 1. The lowest BCUT2D eigenvalue weighted by atomic mass is 9.90. The molecule has 160 valence electrons. The largest absolute Gasteiger partial charge is 0.465 e. The van der Waals surface area contributed by atoms with Crippen LogP contribution in [0.4, 0.5) is 22.0 Å². The summed E-state index contributed by atoms with van der Waals surface area (Å²) in [5.41, 5.74) is -0.556. The molecule has 2 rings (SSSR count). The molecule has 0 aliphatic heterocycles. The quantitative estimate of drug-likeness (QED) is 0.255. The molecule has 2 aromatic carbocycles. The summed E-state index contributed by atoms with van der Waals surface area (Å²) in [6, 6.07) is 8.78. The molecule has 0 amide bonds. The predicted molar refractivity (Wildman–Crippen MR) is 96.3 cm³/mol. The first kappa shape index (κ1) is 23.2. The second-order valence-electron chi connectivity index (χ2n) is 6.33. The molecule has 9 heteroatoms. The Labute approximate surface area is 168 Å². The zero-order chi connectivity index (χ0) is 22.5. The number of halogens is 5. The van der Waals surface area contributed by atoms with Crippen LogP contribution in [-0.4, -0.2) is 36.5 Å². The lowest BCUT2D eigenvalue weighted by molar-refractivity contribution is -0.146. The van der Waals surface area contributed by atoms with Gasteiger partial charge in [-0.15, -0.1) is 0 Å². The summed E-state index contributed by atoms with van der Waals surface area (Å²) >= 11 is 0. The van der Waals surface area contributed by atoms with Crippen molar-refractivity contribution in [2.45, 2.75) is 25.7 Å². The highest BCUT2D eigenvalue weighted by Crippen LogP contribution is 2.28. The van der Waals surface area contributed by atoms with E-state index in [-0.39, 0.29) is 24.2 Å². The Morgan fingerprint density at radius 1 is 1.00 bits per heavy atom. The number of ketones is 2. The molecular weight excluding hydrogens is 411 g/mol. The minimum absolute atomic E-state index is 0.0194. The van der Waals surface area contributed by atoms with E-state index in [1.807, 2.05) is 0 Å². The zero-order valence-electron chi connectivity index (χ0n) is 15.7. The van der Waals surface area contributed by atoms with Crippen LogP contribution in [-0.2, 0) is 16.0 Å². The number of alkyl halides is 4. The van der Waals surface area contributed by atoms with Crippen molar-refractivity contribution >= 4 is 17.5 Å². The summed E-state index contributed by atoms with van der Waals surface area (Å²) in [5.74, 6) is -10.5. The van der Waals surface area contributed by atoms with Crippen molar-refractivity contribution in [3.8, 4) is 0 Å².